The van der Waals surface area contributed by atoms with Gasteiger partial charge in [0, 0.05) is 0 Å². The Morgan fingerprint density at radius 1 is 1.08 bits per heavy atom. The highest BCUT2D eigenvalue weighted by Crippen LogP contribution is 2.25. The van der Waals surface area contributed by atoms with Crippen molar-refractivity contribution in [1.29, 1.82) is 0 Å². The van der Waals surface area contributed by atoms with Gasteiger partial charge >= 0.3 is 0 Å². The van der Waals surface area contributed by atoms with Gasteiger partial charge in [0.05, 0.1) is 19.0 Å². The molecule has 2 aromatic carbocycles. The van der Waals surface area contributed by atoms with Crippen molar-refractivity contribution >= 4 is 17.4 Å². The minimum absolute atomic E-state index is 0.00723. The summed E-state index contributed by atoms with van der Waals surface area (Å²) in [6.45, 7) is 0. The number of nitrogens with two attached hydrogens (primary N) is 1. The van der Waals surface area contributed by atoms with Crippen molar-refractivity contribution in [3.63, 3.8) is 0 Å². The quantitative estimate of drug-likeness (QED) is 0.742. The average Bonchev–Trinajstić information content (AvgIpc) is 2.64. The molecule has 0 radical (unpaired) electrons. The lowest BCUT2D eigenvalue weighted by molar-refractivity contribution is 0.102. The van der Waals surface area contributed by atoms with E-state index in [4.69, 9.17) is 15.2 Å². The van der Waals surface area contributed by atoms with Crippen LogP contribution in [0.1, 0.15) is 10.5 Å². The van der Waals surface area contributed by atoms with Crippen LogP contribution >= 0.6 is 0 Å². The van der Waals surface area contributed by atoms with Crippen molar-refractivity contribution in [3.05, 3.63) is 66.5 Å². The van der Waals surface area contributed by atoms with E-state index in [-0.39, 0.29) is 17.4 Å². The summed E-state index contributed by atoms with van der Waals surface area (Å²) >= 11 is 0. The summed E-state index contributed by atoms with van der Waals surface area (Å²) in [5.74, 6) is 0.781. The standard InChI is InChI=1S/C18H16N4O3/c1-24-14-10-6-5-9-13(14)21-18(23)16-17(19)20-11-15(22-16)25-12-7-3-2-4-8-12/h2-11H,1H3,(H2,19,20)(H,21,23). The van der Waals surface area contributed by atoms with E-state index in [2.05, 4.69) is 15.3 Å². The number of nitrogen functional groups attached to an aromatic ring is 1. The second kappa shape index (κ2) is 7.31. The van der Waals surface area contributed by atoms with Crippen LogP contribution in [0.15, 0.2) is 60.8 Å². The lowest BCUT2D eigenvalue weighted by Crippen LogP contribution is -2.17. The van der Waals surface area contributed by atoms with E-state index < -0.39 is 5.91 Å². The summed E-state index contributed by atoms with van der Waals surface area (Å²) in [5.41, 5.74) is 6.26. The van der Waals surface area contributed by atoms with Gasteiger partial charge in [0.1, 0.15) is 11.5 Å². The third kappa shape index (κ3) is 3.84. The molecule has 0 atom stereocenters. The number of benzene rings is 2. The predicted molar refractivity (Wildman–Crippen MR) is 93.9 cm³/mol. The minimum Gasteiger partial charge on any atom is -0.495 e. The Bertz CT molecular complexity index is 884. The van der Waals surface area contributed by atoms with Gasteiger partial charge in [-0.1, -0.05) is 30.3 Å². The smallest absolute Gasteiger partial charge is 0.278 e. The fourth-order valence-electron chi connectivity index (χ4n) is 2.14. The first-order valence-corrected chi connectivity index (χ1v) is 7.47. The van der Waals surface area contributed by atoms with Crippen LogP contribution in [0.4, 0.5) is 11.5 Å². The number of methoxy groups -OCH3 is 1. The van der Waals surface area contributed by atoms with Gasteiger partial charge in [0.2, 0.25) is 5.88 Å². The largest absolute Gasteiger partial charge is 0.495 e. The van der Waals surface area contributed by atoms with Crippen LogP contribution in [0.3, 0.4) is 0 Å². The molecule has 1 amide bonds. The van der Waals surface area contributed by atoms with Crippen molar-refractivity contribution in [1.82, 2.24) is 9.97 Å². The number of amides is 1. The molecule has 3 N–H and O–H groups in total. The van der Waals surface area contributed by atoms with Crippen LogP contribution in [0.25, 0.3) is 0 Å². The molecule has 7 heteroatoms. The Labute approximate surface area is 144 Å². The second-order valence-corrected chi connectivity index (χ2v) is 5.01. The third-order valence-corrected chi connectivity index (χ3v) is 3.31. The first-order chi connectivity index (χ1) is 12.2. The first-order valence-electron chi connectivity index (χ1n) is 7.47. The number of carbonyl (C=O) groups excluding carboxylic acids is 1. The molecule has 126 valence electrons. The van der Waals surface area contributed by atoms with E-state index in [0.717, 1.165) is 0 Å². The van der Waals surface area contributed by atoms with Crippen LogP contribution in [-0.2, 0) is 0 Å². The van der Waals surface area contributed by atoms with Crippen LogP contribution in [0.5, 0.6) is 17.4 Å². The van der Waals surface area contributed by atoms with E-state index >= 15 is 0 Å². The fraction of sp³-hybridized carbons (Fsp3) is 0.0556. The molecule has 7 nitrogen and oxygen atoms in total. The molecule has 0 aliphatic carbocycles. The Kier molecular flexibility index (Phi) is 4.75. The molecule has 0 saturated carbocycles. The molecule has 1 heterocycles. The highest BCUT2D eigenvalue weighted by atomic mass is 16.5. The van der Waals surface area contributed by atoms with Crippen LogP contribution in [0, 0.1) is 0 Å². The number of anilines is 2. The number of carbonyl (C=O) groups is 1. The van der Waals surface area contributed by atoms with Crippen molar-refractivity contribution in [2.75, 3.05) is 18.2 Å². The molecular weight excluding hydrogens is 320 g/mol. The number of nitrogens with zero attached hydrogens (tertiary/aromatic N) is 2. The molecular formula is C18H16N4O3. The summed E-state index contributed by atoms with van der Waals surface area (Å²) in [5, 5.41) is 2.71. The lowest BCUT2D eigenvalue weighted by atomic mass is 10.2. The molecule has 0 aliphatic heterocycles. The Hall–Kier alpha value is -3.61. The number of para-hydroxylation sites is 3. The molecule has 0 spiro atoms. The second-order valence-electron chi connectivity index (χ2n) is 5.01. The molecule has 0 unspecified atom stereocenters. The maximum absolute atomic E-state index is 12.5. The van der Waals surface area contributed by atoms with Gasteiger partial charge in [0.15, 0.2) is 11.5 Å². The van der Waals surface area contributed by atoms with E-state index in [1.54, 1.807) is 36.4 Å². The number of nitrogens with one attached hydrogen (secondary N) is 1. The zero-order valence-corrected chi connectivity index (χ0v) is 13.5. The lowest BCUT2D eigenvalue weighted by Gasteiger charge is -2.11. The van der Waals surface area contributed by atoms with Crippen LogP contribution in [0.2, 0.25) is 0 Å². The third-order valence-electron chi connectivity index (χ3n) is 3.31. The molecule has 3 aromatic rings. The molecule has 0 saturated heterocycles. The Balaban J connectivity index is 1.83. The van der Waals surface area contributed by atoms with E-state index in [1.165, 1.54) is 13.3 Å². The van der Waals surface area contributed by atoms with Gasteiger partial charge < -0.3 is 20.5 Å². The first kappa shape index (κ1) is 16.3. The fourth-order valence-corrected chi connectivity index (χ4v) is 2.14. The molecule has 3 rings (SSSR count). The van der Waals surface area contributed by atoms with Crippen LogP contribution < -0.4 is 20.5 Å². The van der Waals surface area contributed by atoms with E-state index in [9.17, 15) is 4.79 Å². The van der Waals surface area contributed by atoms with Gasteiger partial charge in [-0.2, -0.15) is 0 Å². The van der Waals surface area contributed by atoms with E-state index in [0.29, 0.717) is 17.2 Å². The van der Waals surface area contributed by atoms with Crippen molar-refractivity contribution in [3.8, 4) is 17.4 Å². The van der Waals surface area contributed by atoms with E-state index in [1.807, 2.05) is 18.2 Å². The highest BCUT2D eigenvalue weighted by Gasteiger charge is 2.16. The number of rotatable bonds is 5. The topological polar surface area (TPSA) is 99.4 Å². The zero-order chi connectivity index (χ0) is 17.6. The highest BCUT2D eigenvalue weighted by molar-refractivity contribution is 6.06. The maximum Gasteiger partial charge on any atom is 0.278 e. The molecule has 0 aliphatic rings. The monoisotopic (exact) mass is 336 g/mol. The normalized spacial score (nSPS) is 10.1. The van der Waals surface area contributed by atoms with Crippen LogP contribution in [-0.4, -0.2) is 23.0 Å². The number of aromatic nitrogens is 2. The minimum atomic E-state index is -0.506. The maximum atomic E-state index is 12.5. The Morgan fingerprint density at radius 3 is 2.56 bits per heavy atom. The SMILES string of the molecule is COc1ccccc1NC(=O)c1nc(Oc2ccccc2)cnc1N. The molecule has 25 heavy (non-hydrogen) atoms. The summed E-state index contributed by atoms with van der Waals surface area (Å²) < 4.78 is 10.8. The number of ether oxygens (including phenoxy) is 2. The number of hydrogen-bond acceptors (Lipinski definition) is 6. The summed E-state index contributed by atoms with van der Waals surface area (Å²) in [6.07, 6.45) is 1.36. The summed E-state index contributed by atoms with van der Waals surface area (Å²) in [7, 11) is 1.52. The van der Waals surface area contributed by atoms with Crippen molar-refractivity contribution < 1.29 is 14.3 Å². The summed E-state index contributed by atoms with van der Waals surface area (Å²) in [4.78, 5) is 20.6. The van der Waals surface area contributed by atoms with Crippen molar-refractivity contribution in [2.45, 2.75) is 0 Å². The molecule has 0 fully saturated rings. The molecule has 0 bridgehead atoms. The predicted octanol–water partition coefficient (Wildman–Crippen LogP) is 3.11. The van der Waals surface area contributed by atoms with Gasteiger partial charge in [-0.15, -0.1) is 0 Å². The zero-order valence-electron chi connectivity index (χ0n) is 13.5. The van der Waals surface area contributed by atoms with Gasteiger partial charge in [-0.3, -0.25) is 4.79 Å². The van der Waals surface area contributed by atoms with Crippen molar-refractivity contribution in [2.24, 2.45) is 0 Å². The number of hydrogen-bond donors (Lipinski definition) is 2. The summed E-state index contributed by atoms with van der Waals surface area (Å²) in [6, 6.07) is 16.1. The van der Waals surface area contributed by atoms with Gasteiger partial charge in [-0.05, 0) is 24.3 Å². The van der Waals surface area contributed by atoms with Gasteiger partial charge in [0.25, 0.3) is 5.91 Å². The molecule has 1 aromatic heterocycles. The Morgan fingerprint density at radius 2 is 1.80 bits per heavy atom. The average molecular weight is 336 g/mol. The van der Waals surface area contributed by atoms with Gasteiger partial charge in [-0.25, -0.2) is 9.97 Å².